The third-order valence-corrected chi connectivity index (χ3v) is 3.94. The predicted octanol–water partition coefficient (Wildman–Crippen LogP) is 1.72. The number of aliphatic carboxylic acids is 1. The average Bonchev–Trinajstić information content (AvgIpc) is 2.75. The summed E-state index contributed by atoms with van der Waals surface area (Å²) in [6.45, 7) is 1.86. The highest BCUT2D eigenvalue weighted by molar-refractivity contribution is 6.07. The second kappa shape index (κ2) is 6.68. The molecule has 7 nitrogen and oxygen atoms in total. The number of methoxy groups -OCH3 is 1. The van der Waals surface area contributed by atoms with Crippen molar-refractivity contribution in [2.24, 2.45) is 0 Å². The van der Waals surface area contributed by atoms with Crippen LogP contribution in [0.25, 0.3) is 0 Å². The van der Waals surface area contributed by atoms with Gasteiger partial charge in [0, 0.05) is 13.0 Å². The van der Waals surface area contributed by atoms with E-state index >= 15 is 0 Å². The van der Waals surface area contributed by atoms with Crippen molar-refractivity contribution in [2.45, 2.75) is 31.7 Å². The first-order chi connectivity index (χ1) is 10.9. The van der Waals surface area contributed by atoms with Gasteiger partial charge in [-0.2, -0.15) is 0 Å². The fourth-order valence-corrected chi connectivity index (χ4v) is 2.58. The van der Waals surface area contributed by atoms with Gasteiger partial charge in [-0.1, -0.05) is 12.1 Å². The molecular formula is C16H20N2O5. The molecule has 0 radical (unpaired) electrons. The van der Waals surface area contributed by atoms with Gasteiger partial charge in [0.2, 0.25) is 0 Å². The van der Waals surface area contributed by atoms with Crippen LogP contribution in [0.3, 0.4) is 0 Å². The summed E-state index contributed by atoms with van der Waals surface area (Å²) in [5, 5.41) is 11.3. The SMILES string of the molecule is COc1cccc(C2(C)NC(=O)N(CCCCC(=O)O)C2=O)c1. The second-order valence-electron chi connectivity index (χ2n) is 5.59. The van der Waals surface area contributed by atoms with Crippen LogP contribution in [0.2, 0.25) is 0 Å². The molecule has 1 aliphatic rings. The molecule has 0 aliphatic carbocycles. The Hall–Kier alpha value is -2.57. The highest BCUT2D eigenvalue weighted by atomic mass is 16.5. The summed E-state index contributed by atoms with van der Waals surface area (Å²) in [4.78, 5) is 36.4. The predicted molar refractivity (Wildman–Crippen MR) is 82.1 cm³/mol. The van der Waals surface area contributed by atoms with Crippen molar-refractivity contribution in [3.63, 3.8) is 0 Å². The fourth-order valence-electron chi connectivity index (χ4n) is 2.58. The Morgan fingerprint density at radius 3 is 2.74 bits per heavy atom. The molecule has 0 saturated carbocycles. The van der Waals surface area contributed by atoms with Crippen LogP contribution in [0.1, 0.15) is 31.7 Å². The lowest BCUT2D eigenvalue weighted by atomic mass is 9.92. The van der Waals surface area contributed by atoms with Crippen LogP contribution in [-0.2, 0) is 15.1 Å². The monoisotopic (exact) mass is 320 g/mol. The number of benzene rings is 1. The Bertz CT molecular complexity index is 631. The number of hydrogen-bond donors (Lipinski definition) is 2. The summed E-state index contributed by atoms with van der Waals surface area (Å²) < 4.78 is 5.16. The van der Waals surface area contributed by atoms with Gasteiger partial charge in [0.1, 0.15) is 11.3 Å². The molecule has 2 N–H and O–H groups in total. The van der Waals surface area contributed by atoms with E-state index in [4.69, 9.17) is 9.84 Å². The van der Waals surface area contributed by atoms with Crippen molar-refractivity contribution in [3.05, 3.63) is 29.8 Å². The van der Waals surface area contributed by atoms with Gasteiger partial charge in [-0.25, -0.2) is 4.79 Å². The lowest BCUT2D eigenvalue weighted by Gasteiger charge is -2.22. The Kier molecular flexibility index (Phi) is 4.88. The van der Waals surface area contributed by atoms with Crippen LogP contribution in [-0.4, -0.2) is 41.6 Å². The Morgan fingerprint density at radius 2 is 2.09 bits per heavy atom. The smallest absolute Gasteiger partial charge is 0.325 e. The maximum absolute atomic E-state index is 12.7. The zero-order valence-electron chi connectivity index (χ0n) is 13.2. The number of amides is 3. The van der Waals surface area contributed by atoms with Crippen LogP contribution in [0, 0.1) is 0 Å². The number of carbonyl (C=O) groups is 3. The van der Waals surface area contributed by atoms with Crippen molar-refractivity contribution in [1.82, 2.24) is 10.2 Å². The first-order valence-electron chi connectivity index (χ1n) is 7.39. The molecule has 1 unspecified atom stereocenters. The molecule has 1 aromatic carbocycles. The first kappa shape index (κ1) is 16.8. The number of unbranched alkanes of at least 4 members (excludes halogenated alkanes) is 1. The number of nitrogens with one attached hydrogen (secondary N) is 1. The highest BCUT2D eigenvalue weighted by Crippen LogP contribution is 2.31. The van der Waals surface area contributed by atoms with Gasteiger partial charge in [0.25, 0.3) is 5.91 Å². The number of hydrogen-bond acceptors (Lipinski definition) is 4. The number of ether oxygens (including phenoxy) is 1. The van der Waals surface area contributed by atoms with E-state index < -0.39 is 17.5 Å². The van der Waals surface area contributed by atoms with Gasteiger partial charge >= 0.3 is 12.0 Å². The molecular weight excluding hydrogens is 300 g/mol. The van der Waals surface area contributed by atoms with Gasteiger partial charge in [-0.15, -0.1) is 0 Å². The van der Waals surface area contributed by atoms with E-state index in [0.717, 1.165) is 4.90 Å². The van der Waals surface area contributed by atoms with E-state index in [1.807, 2.05) is 0 Å². The average molecular weight is 320 g/mol. The largest absolute Gasteiger partial charge is 0.497 e. The summed E-state index contributed by atoms with van der Waals surface area (Å²) in [5.41, 5.74) is -0.499. The summed E-state index contributed by atoms with van der Waals surface area (Å²) in [5.74, 6) is -0.625. The lowest BCUT2D eigenvalue weighted by molar-refractivity contribution is -0.137. The molecule has 0 spiro atoms. The summed E-state index contributed by atoms with van der Waals surface area (Å²) >= 11 is 0. The zero-order valence-corrected chi connectivity index (χ0v) is 13.2. The molecule has 1 atom stereocenters. The molecule has 1 heterocycles. The first-order valence-corrected chi connectivity index (χ1v) is 7.39. The van der Waals surface area contributed by atoms with Crippen molar-refractivity contribution < 1.29 is 24.2 Å². The molecule has 0 aromatic heterocycles. The molecule has 23 heavy (non-hydrogen) atoms. The van der Waals surface area contributed by atoms with E-state index in [1.54, 1.807) is 31.2 Å². The fraction of sp³-hybridized carbons (Fsp3) is 0.438. The van der Waals surface area contributed by atoms with Crippen LogP contribution >= 0.6 is 0 Å². The number of nitrogens with zero attached hydrogens (tertiary/aromatic N) is 1. The third kappa shape index (κ3) is 3.44. The van der Waals surface area contributed by atoms with Crippen LogP contribution in [0.4, 0.5) is 4.79 Å². The maximum atomic E-state index is 12.7. The second-order valence-corrected chi connectivity index (χ2v) is 5.59. The molecule has 1 aromatic rings. The number of carbonyl (C=O) groups excluding carboxylic acids is 2. The number of rotatable bonds is 7. The van der Waals surface area contributed by atoms with Gasteiger partial charge in [0.05, 0.1) is 7.11 Å². The molecule has 2 rings (SSSR count). The van der Waals surface area contributed by atoms with Crippen molar-refractivity contribution in [2.75, 3.05) is 13.7 Å². The van der Waals surface area contributed by atoms with Gasteiger partial charge < -0.3 is 15.2 Å². The summed E-state index contributed by atoms with van der Waals surface area (Å²) in [6, 6.07) is 6.53. The maximum Gasteiger partial charge on any atom is 0.325 e. The molecule has 1 fully saturated rings. The number of carboxylic acid groups (broad SMARTS) is 1. The topological polar surface area (TPSA) is 95.9 Å². The molecule has 7 heteroatoms. The van der Waals surface area contributed by atoms with E-state index in [2.05, 4.69) is 5.32 Å². The normalized spacial score (nSPS) is 20.5. The van der Waals surface area contributed by atoms with Crippen molar-refractivity contribution in [3.8, 4) is 5.75 Å². The van der Waals surface area contributed by atoms with E-state index in [9.17, 15) is 14.4 Å². The van der Waals surface area contributed by atoms with Crippen molar-refractivity contribution >= 4 is 17.9 Å². The summed E-state index contributed by atoms with van der Waals surface area (Å²) in [6.07, 6.45) is 0.902. The highest BCUT2D eigenvalue weighted by Gasteiger charge is 2.48. The molecule has 0 bridgehead atoms. The van der Waals surface area contributed by atoms with Crippen LogP contribution in [0.5, 0.6) is 5.75 Å². The Morgan fingerprint density at radius 1 is 1.35 bits per heavy atom. The minimum atomic E-state index is -1.14. The third-order valence-electron chi connectivity index (χ3n) is 3.94. The lowest BCUT2D eigenvalue weighted by Crippen LogP contribution is -2.41. The summed E-state index contributed by atoms with van der Waals surface area (Å²) in [7, 11) is 1.53. The number of urea groups is 1. The zero-order chi connectivity index (χ0) is 17.0. The van der Waals surface area contributed by atoms with Gasteiger partial charge in [0.15, 0.2) is 0 Å². The standard InChI is InChI=1S/C16H20N2O5/c1-16(11-6-5-7-12(10-11)23-2)14(21)18(15(22)17-16)9-4-3-8-13(19)20/h5-7,10H,3-4,8-9H2,1-2H3,(H,17,22)(H,19,20). The van der Waals surface area contributed by atoms with Crippen LogP contribution < -0.4 is 10.1 Å². The van der Waals surface area contributed by atoms with E-state index in [0.29, 0.717) is 24.2 Å². The van der Waals surface area contributed by atoms with E-state index in [-0.39, 0.29) is 18.9 Å². The van der Waals surface area contributed by atoms with Crippen molar-refractivity contribution in [1.29, 1.82) is 0 Å². The number of imide groups is 1. The quantitative estimate of drug-likeness (QED) is 0.589. The van der Waals surface area contributed by atoms with Crippen LogP contribution in [0.15, 0.2) is 24.3 Å². The molecule has 1 aliphatic heterocycles. The minimum absolute atomic E-state index is 0.0246. The van der Waals surface area contributed by atoms with E-state index in [1.165, 1.54) is 7.11 Å². The Labute approximate surface area is 134 Å². The molecule has 1 saturated heterocycles. The van der Waals surface area contributed by atoms with Gasteiger partial charge in [-0.3, -0.25) is 14.5 Å². The van der Waals surface area contributed by atoms with Gasteiger partial charge in [-0.05, 0) is 37.5 Å². The minimum Gasteiger partial charge on any atom is -0.497 e. The molecule has 124 valence electrons. The number of carboxylic acids is 1. The Balaban J connectivity index is 2.11. The molecule has 3 amide bonds.